The van der Waals surface area contributed by atoms with Crippen molar-refractivity contribution in [1.82, 2.24) is 18.9 Å². The number of imidazole rings is 1. The third kappa shape index (κ3) is 3.04. The molecule has 8 nitrogen and oxygen atoms in total. The number of hydrogen-bond acceptors (Lipinski definition) is 7. The van der Waals surface area contributed by atoms with Crippen molar-refractivity contribution in [3.05, 3.63) is 36.2 Å². The number of aromatic nitrogens is 3. The van der Waals surface area contributed by atoms with Crippen LogP contribution in [0.25, 0.3) is 4.96 Å². The van der Waals surface area contributed by atoms with Gasteiger partial charge in [0, 0.05) is 26.2 Å². The Hall–Kier alpha value is -2.17. The summed E-state index contributed by atoms with van der Waals surface area (Å²) in [6.07, 6.45) is 1.89. The molecule has 0 aliphatic carbocycles. The summed E-state index contributed by atoms with van der Waals surface area (Å²) in [6, 6.07) is 6.49. The van der Waals surface area contributed by atoms with Crippen LogP contribution in [-0.4, -0.2) is 60.6 Å². The van der Waals surface area contributed by atoms with Crippen molar-refractivity contribution >= 4 is 31.5 Å². The smallest absolute Gasteiger partial charge is 0.243 e. The van der Waals surface area contributed by atoms with Gasteiger partial charge in [-0.15, -0.1) is 5.10 Å². The van der Waals surface area contributed by atoms with Crippen LogP contribution in [0.4, 0.5) is 5.13 Å². The van der Waals surface area contributed by atoms with E-state index in [1.807, 2.05) is 13.1 Å². The van der Waals surface area contributed by atoms with Gasteiger partial charge >= 0.3 is 0 Å². The van der Waals surface area contributed by atoms with Gasteiger partial charge in [0.15, 0.2) is 0 Å². The number of nitrogens with zero attached hydrogens (tertiary/aromatic N) is 5. The number of aryl methyl sites for hydroxylation is 1. The first-order valence-electron chi connectivity index (χ1n) is 8.19. The SMILES string of the molecule is COc1ccc(S(=O)(=O)N2CCN(c3nn4cc(C)nc4s3)CC2)cc1. The molecule has 0 spiro atoms. The highest BCUT2D eigenvalue weighted by atomic mass is 32.2. The zero-order valence-electron chi connectivity index (χ0n) is 14.5. The van der Waals surface area contributed by atoms with Crippen LogP contribution in [0.5, 0.6) is 5.75 Å². The van der Waals surface area contributed by atoms with Crippen LogP contribution in [0, 0.1) is 6.92 Å². The van der Waals surface area contributed by atoms with Crippen molar-refractivity contribution in [1.29, 1.82) is 0 Å². The number of fused-ring (bicyclic) bond motifs is 1. The maximum Gasteiger partial charge on any atom is 0.243 e. The number of benzene rings is 1. The van der Waals surface area contributed by atoms with Crippen molar-refractivity contribution in [3.63, 3.8) is 0 Å². The molecule has 2 aromatic heterocycles. The topological polar surface area (TPSA) is 80.0 Å². The average molecular weight is 393 g/mol. The van der Waals surface area contributed by atoms with Gasteiger partial charge in [0.2, 0.25) is 20.1 Å². The molecule has 0 radical (unpaired) electrons. The number of anilines is 1. The molecule has 26 heavy (non-hydrogen) atoms. The maximum absolute atomic E-state index is 12.8. The lowest BCUT2D eigenvalue weighted by Crippen LogP contribution is -2.48. The normalized spacial score (nSPS) is 16.3. The van der Waals surface area contributed by atoms with Crippen LogP contribution >= 0.6 is 11.3 Å². The fraction of sp³-hybridized carbons (Fsp3) is 0.375. The molecule has 0 N–H and O–H groups in total. The van der Waals surface area contributed by atoms with Crippen LogP contribution in [-0.2, 0) is 10.0 Å². The van der Waals surface area contributed by atoms with Gasteiger partial charge in [-0.05, 0) is 31.2 Å². The highest BCUT2D eigenvalue weighted by Gasteiger charge is 2.29. The summed E-state index contributed by atoms with van der Waals surface area (Å²) in [6.45, 7) is 3.99. The minimum absolute atomic E-state index is 0.287. The Morgan fingerprint density at radius 2 is 1.81 bits per heavy atom. The number of rotatable bonds is 4. The highest BCUT2D eigenvalue weighted by molar-refractivity contribution is 7.89. The number of piperazine rings is 1. The van der Waals surface area contributed by atoms with Gasteiger partial charge in [0.25, 0.3) is 0 Å². The zero-order chi connectivity index (χ0) is 18.3. The molecule has 1 aliphatic rings. The van der Waals surface area contributed by atoms with E-state index in [1.54, 1.807) is 35.9 Å². The van der Waals surface area contributed by atoms with E-state index in [1.165, 1.54) is 15.6 Å². The average Bonchev–Trinajstić information content (AvgIpc) is 3.19. The van der Waals surface area contributed by atoms with Crippen molar-refractivity contribution < 1.29 is 13.2 Å². The second-order valence-electron chi connectivity index (χ2n) is 6.06. The number of ether oxygens (including phenoxy) is 1. The zero-order valence-corrected chi connectivity index (χ0v) is 16.1. The molecule has 1 aliphatic heterocycles. The van der Waals surface area contributed by atoms with Gasteiger partial charge < -0.3 is 9.64 Å². The third-order valence-electron chi connectivity index (χ3n) is 4.36. The molecule has 3 heterocycles. The molecule has 1 fully saturated rings. The summed E-state index contributed by atoms with van der Waals surface area (Å²) in [5.74, 6) is 0.637. The van der Waals surface area contributed by atoms with Gasteiger partial charge in [0.05, 0.1) is 23.9 Å². The molecule has 3 aromatic rings. The lowest BCUT2D eigenvalue weighted by molar-refractivity contribution is 0.384. The van der Waals surface area contributed by atoms with Crippen molar-refractivity contribution in [2.24, 2.45) is 0 Å². The van der Waals surface area contributed by atoms with Crippen LogP contribution in [0.2, 0.25) is 0 Å². The second kappa shape index (κ2) is 6.53. The molecular weight excluding hydrogens is 374 g/mol. The summed E-state index contributed by atoms with van der Waals surface area (Å²) >= 11 is 1.52. The fourth-order valence-electron chi connectivity index (χ4n) is 2.94. The molecule has 0 saturated carbocycles. The van der Waals surface area contributed by atoms with Crippen molar-refractivity contribution in [2.75, 3.05) is 38.2 Å². The molecule has 138 valence electrons. The molecular formula is C16H19N5O3S2. The Kier molecular flexibility index (Phi) is 4.33. The van der Waals surface area contributed by atoms with Crippen molar-refractivity contribution in [3.8, 4) is 5.75 Å². The van der Waals surface area contributed by atoms with Gasteiger partial charge in [-0.3, -0.25) is 0 Å². The standard InChI is InChI=1S/C16H19N5O3S2/c1-12-11-21-15(17-12)25-16(18-21)19-7-9-20(10-8-19)26(22,23)14-5-3-13(24-2)4-6-14/h3-6,11H,7-10H2,1-2H3. The predicted molar refractivity (Wildman–Crippen MR) is 99.6 cm³/mol. The highest BCUT2D eigenvalue weighted by Crippen LogP contribution is 2.26. The summed E-state index contributed by atoms with van der Waals surface area (Å²) in [5, 5.41) is 5.41. The molecule has 1 aromatic carbocycles. The Bertz CT molecular complexity index is 987. The number of hydrogen-bond donors (Lipinski definition) is 0. The maximum atomic E-state index is 12.8. The third-order valence-corrected chi connectivity index (χ3v) is 7.26. The van der Waals surface area contributed by atoms with Gasteiger partial charge in [-0.2, -0.15) is 4.31 Å². The minimum Gasteiger partial charge on any atom is -0.497 e. The van der Waals surface area contributed by atoms with E-state index in [2.05, 4.69) is 15.0 Å². The summed E-state index contributed by atoms with van der Waals surface area (Å²) in [7, 11) is -1.94. The lowest BCUT2D eigenvalue weighted by atomic mass is 10.3. The summed E-state index contributed by atoms with van der Waals surface area (Å²) in [4.78, 5) is 7.66. The molecule has 0 atom stereocenters. The first-order chi connectivity index (χ1) is 12.5. The van der Waals surface area contributed by atoms with Crippen LogP contribution in [0.3, 0.4) is 0 Å². The quantitative estimate of drug-likeness (QED) is 0.670. The van der Waals surface area contributed by atoms with E-state index in [4.69, 9.17) is 4.74 Å². The predicted octanol–water partition coefficient (Wildman–Crippen LogP) is 1.62. The fourth-order valence-corrected chi connectivity index (χ4v) is 5.35. The van der Waals surface area contributed by atoms with E-state index in [9.17, 15) is 8.42 Å². The van der Waals surface area contributed by atoms with Crippen LogP contribution in [0.1, 0.15) is 5.69 Å². The molecule has 0 amide bonds. The van der Waals surface area contributed by atoms with E-state index in [-0.39, 0.29) is 4.90 Å². The molecule has 10 heteroatoms. The lowest BCUT2D eigenvalue weighted by Gasteiger charge is -2.33. The van der Waals surface area contributed by atoms with Crippen molar-refractivity contribution in [2.45, 2.75) is 11.8 Å². The van der Waals surface area contributed by atoms with Gasteiger partial charge in [0.1, 0.15) is 5.75 Å². The van der Waals surface area contributed by atoms with E-state index < -0.39 is 10.0 Å². The molecule has 4 rings (SSSR count). The Labute approximate surface area is 155 Å². The molecule has 1 saturated heterocycles. The Morgan fingerprint density at radius 3 is 2.42 bits per heavy atom. The monoisotopic (exact) mass is 393 g/mol. The molecule has 0 bridgehead atoms. The Balaban J connectivity index is 1.47. The number of methoxy groups -OCH3 is 1. The first kappa shape index (κ1) is 17.3. The van der Waals surface area contributed by atoms with Gasteiger partial charge in [-0.1, -0.05) is 11.3 Å². The van der Waals surface area contributed by atoms with E-state index in [0.717, 1.165) is 15.8 Å². The van der Waals surface area contributed by atoms with Gasteiger partial charge in [-0.25, -0.2) is 17.9 Å². The van der Waals surface area contributed by atoms with E-state index >= 15 is 0 Å². The Morgan fingerprint density at radius 1 is 1.12 bits per heavy atom. The van der Waals surface area contributed by atoms with Crippen LogP contribution in [0.15, 0.2) is 35.4 Å². The largest absolute Gasteiger partial charge is 0.497 e. The number of sulfonamides is 1. The van der Waals surface area contributed by atoms with Crippen LogP contribution < -0.4 is 9.64 Å². The second-order valence-corrected chi connectivity index (χ2v) is 8.93. The summed E-state index contributed by atoms with van der Waals surface area (Å²) in [5.41, 5.74) is 0.936. The minimum atomic E-state index is -3.50. The summed E-state index contributed by atoms with van der Waals surface area (Å²) < 4.78 is 34.0. The van der Waals surface area contributed by atoms with E-state index in [0.29, 0.717) is 31.9 Å². The first-order valence-corrected chi connectivity index (χ1v) is 10.4. The molecule has 0 unspecified atom stereocenters.